The van der Waals surface area contributed by atoms with Gasteiger partial charge in [-0.2, -0.15) is 0 Å². The van der Waals surface area contributed by atoms with Crippen LogP contribution in [0.3, 0.4) is 0 Å². The van der Waals surface area contributed by atoms with E-state index in [1.165, 1.54) is 0 Å². The second kappa shape index (κ2) is 3.00. The van der Waals surface area contributed by atoms with E-state index >= 15 is 0 Å². The predicted octanol–water partition coefficient (Wildman–Crippen LogP) is 1.21. The lowest BCUT2D eigenvalue weighted by Crippen LogP contribution is -2.04. The average molecular weight is 155 g/mol. The second-order valence-corrected chi connectivity index (χ2v) is 2.92. The molecule has 4 nitrogen and oxygen atoms in total. The van der Waals surface area contributed by atoms with Crippen LogP contribution in [-0.4, -0.2) is 10.2 Å². The topological polar surface area (TPSA) is 64.9 Å². The number of hydrogen-bond donors (Lipinski definition) is 1. The Hall–Kier alpha value is -0.900. The Balaban J connectivity index is 2.82. The van der Waals surface area contributed by atoms with Crippen LogP contribution < -0.4 is 5.73 Å². The van der Waals surface area contributed by atoms with Gasteiger partial charge in [-0.25, -0.2) is 0 Å². The zero-order valence-corrected chi connectivity index (χ0v) is 7.03. The summed E-state index contributed by atoms with van der Waals surface area (Å²) < 4.78 is 5.26. The molecular weight excluding hydrogens is 142 g/mol. The maximum atomic E-state index is 5.53. The third-order valence-corrected chi connectivity index (χ3v) is 1.34. The van der Waals surface area contributed by atoms with Crippen molar-refractivity contribution in [1.29, 1.82) is 0 Å². The minimum absolute atomic E-state index is 0.171. The normalized spacial score (nSPS) is 13.9. The van der Waals surface area contributed by atoms with E-state index in [1.807, 2.05) is 20.8 Å². The molecule has 0 aliphatic carbocycles. The van der Waals surface area contributed by atoms with Crippen molar-refractivity contribution >= 4 is 0 Å². The molecule has 0 radical (unpaired) electrons. The summed E-state index contributed by atoms with van der Waals surface area (Å²) in [6, 6.07) is -0.171. The largest absolute Gasteiger partial charge is 0.423 e. The fourth-order valence-corrected chi connectivity index (χ4v) is 0.664. The third kappa shape index (κ3) is 1.77. The monoisotopic (exact) mass is 155 g/mol. The van der Waals surface area contributed by atoms with Crippen LogP contribution in [0.15, 0.2) is 4.42 Å². The SMILES string of the molecule is CC(C)c1nnc([C@@H](C)N)o1. The van der Waals surface area contributed by atoms with Gasteiger partial charge >= 0.3 is 0 Å². The van der Waals surface area contributed by atoms with E-state index in [0.29, 0.717) is 11.8 Å². The highest BCUT2D eigenvalue weighted by Gasteiger charge is 2.11. The summed E-state index contributed by atoms with van der Waals surface area (Å²) in [5.74, 6) is 1.43. The zero-order chi connectivity index (χ0) is 8.43. The van der Waals surface area contributed by atoms with Gasteiger partial charge in [-0.1, -0.05) is 13.8 Å². The molecular formula is C7H13N3O. The van der Waals surface area contributed by atoms with Crippen LogP contribution in [0.2, 0.25) is 0 Å². The Morgan fingerprint density at radius 1 is 1.18 bits per heavy atom. The van der Waals surface area contributed by atoms with Gasteiger partial charge in [-0.05, 0) is 6.92 Å². The summed E-state index contributed by atoms with van der Waals surface area (Å²) in [5, 5.41) is 7.64. The van der Waals surface area contributed by atoms with Crippen molar-refractivity contribution in [2.45, 2.75) is 32.7 Å². The molecule has 0 spiro atoms. The minimum Gasteiger partial charge on any atom is -0.423 e. The van der Waals surface area contributed by atoms with Gasteiger partial charge in [0.15, 0.2) is 0 Å². The Morgan fingerprint density at radius 3 is 2.00 bits per heavy atom. The smallest absolute Gasteiger partial charge is 0.232 e. The Bertz CT molecular complexity index is 207. The first-order chi connectivity index (χ1) is 5.11. The van der Waals surface area contributed by atoms with Crippen LogP contribution in [0.5, 0.6) is 0 Å². The lowest BCUT2D eigenvalue weighted by Gasteiger charge is -1.96. The van der Waals surface area contributed by atoms with Crippen molar-refractivity contribution in [3.8, 4) is 0 Å². The van der Waals surface area contributed by atoms with Gasteiger partial charge in [-0.15, -0.1) is 10.2 Å². The van der Waals surface area contributed by atoms with Gasteiger partial charge in [0.05, 0.1) is 6.04 Å². The molecule has 4 heteroatoms. The zero-order valence-electron chi connectivity index (χ0n) is 7.03. The molecule has 0 saturated carbocycles. The van der Waals surface area contributed by atoms with Crippen LogP contribution in [0, 0.1) is 0 Å². The van der Waals surface area contributed by atoms with Crippen LogP contribution in [0.4, 0.5) is 0 Å². The van der Waals surface area contributed by atoms with Crippen molar-refractivity contribution in [2.75, 3.05) is 0 Å². The third-order valence-electron chi connectivity index (χ3n) is 1.34. The van der Waals surface area contributed by atoms with Gasteiger partial charge < -0.3 is 10.2 Å². The van der Waals surface area contributed by atoms with Crippen LogP contribution in [0.25, 0.3) is 0 Å². The highest BCUT2D eigenvalue weighted by Crippen LogP contribution is 2.14. The maximum absolute atomic E-state index is 5.53. The molecule has 1 heterocycles. The Labute approximate surface area is 65.8 Å². The van der Waals surface area contributed by atoms with E-state index < -0.39 is 0 Å². The highest BCUT2D eigenvalue weighted by molar-refractivity contribution is 4.89. The second-order valence-electron chi connectivity index (χ2n) is 2.92. The molecule has 1 aromatic rings. The quantitative estimate of drug-likeness (QED) is 0.697. The first-order valence-electron chi connectivity index (χ1n) is 3.70. The average Bonchev–Trinajstić information content (AvgIpc) is 2.33. The molecule has 0 amide bonds. The van der Waals surface area contributed by atoms with E-state index in [4.69, 9.17) is 10.2 Å². The van der Waals surface area contributed by atoms with E-state index in [1.54, 1.807) is 0 Å². The van der Waals surface area contributed by atoms with E-state index in [-0.39, 0.29) is 12.0 Å². The van der Waals surface area contributed by atoms with E-state index in [0.717, 1.165) is 0 Å². The fourth-order valence-electron chi connectivity index (χ4n) is 0.664. The molecule has 0 aliphatic heterocycles. The minimum atomic E-state index is -0.171. The van der Waals surface area contributed by atoms with Crippen molar-refractivity contribution in [3.63, 3.8) is 0 Å². The molecule has 0 aromatic carbocycles. The highest BCUT2D eigenvalue weighted by atomic mass is 16.4. The van der Waals surface area contributed by atoms with Crippen molar-refractivity contribution < 1.29 is 4.42 Å². The van der Waals surface area contributed by atoms with Gasteiger partial charge in [0.25, 0.3) is 0 Å². The van der Waals surface area contributed by atoms with Crippen LogP contribution in [-0.2, 0) is 0 Å². The first-order valence-corrected chi connectivity index (χ1v) is 3.70. The molecule has 0 bridgehead atoms. The predicted molar refractivity (Wildman–Crippen MR) is 41.0 cm³/mol. The molecule has 1 aromatic heterocycles. The summed E-state index contributed by atoms with van der Waals surface area (Å²) in [5.41, 5.74) is 5.53. The van der Waals surface area contributed by atoms with Gasteiger partial charge in [0.1, 0.15) is 0 Å². The molecule has 0 unspecified atom stereocenters. The lowest BCUT2D eigenvalue weighted by atomic mass is 10.2. The molecule has 0 fully saturated rings. The summed E-state index contributed by atoms with van der Waals surface area (Å²) in [4.78, 5) is 0. The lowest BCUT2D eigenvalue weighted by molar-refractivity contribution is 0.412. The summed E-state index contributed by atoms with van der Waals surface area (Å²) in [7, 11) is 0. The standard InChI is InChI=1S/C7H13N3O/c1-4(2)6-9-10-7(11-6)5(3)8/h4-5H,8H2,1-3H3/t5-/m1/s1. The molecule has 1 atom stereocenters. The summed E-state index contributed by atoms with van der Waals surface area (Å²) in [6.45, 7) is 5.81. The number of hydrogen-bond acceptors (Lipinski definition) is 4. The molecule has 0 aliphatic rings. The van der Waals surface area contributed by atoms with Crippen LogP contribution >= 0.6 is 0 Å². The van der Waals surface area contributed by atoms with Crippen LogP contribution in [0.1, 0.15) is 44.5 Å². The number of rotatable bonds is 2. The van der Waals surface area contributed by atoms with E-state index in [2.05, 4.69) is 10.2 Å². The van der Waals surface area contributed by atoms with Crippen molar-refractivity contribution in [3.05, 3.63) is 11.8 Å². The summed E-state index contributed by atoms with van der Waals surface area (Å²) >= 11 is 0. The fraction of sp³-hybridized carbons (Fsp3) is 0.714. The summed E-state index contributed by atoms with van der Waals surface area (Å²) in [6.07, 6.45) is 0. The number of nitrogens with two attached hydrogens (primary N) is 1. The van der Waals surface area contributed by atoms with E-state index in [9.17, 15) is 0 Å². The van der Waals surface area contributed by atoms with Gasteiger partial charge in [-0.3, -0.25) is 0 Å². The molecule has 1 rings (SSSR count). The number of nitrogens with zero attached hydrogens (tertiary/aromatic N) is 2. The molecule has 2 N–H and O–H groups in total. The Kier molecular flexibility index (Phi) is 2.24. The molecule has 11 heavy (non-hydrogen) atoms. The molecule has 62 valence electrons. The molecule has 0 saturated heterocycles. The maximum Gasteiger partial charge on any atom is 0.232 e. The van der Waals surface area contributed by atoms with Crippen molar-refractivity contribution in [1.82, 2.24) is 10.2 Å². The Morgan fingerprint density at radius 2 is 1.73 bits per heavy atom. The van der Waals surface area contributed by atoms with Crippen molar-refractivity contribution in [2.24, 2.45) is 5.73 Å². The number of aromatic nitrogens is 2. The van der Waals surface area contributed by atoms with Gasteiger partial charge in [0.2, 0.25) is 11.8 Å². The van der Waals surface area contributed by atoms with Gasteiger partial charge in [0, 0.05) is 5.92 Å². The first kappa shape index (κ1) is 8.20.